The first kappa shape index (κ1) is 22.5. The second kappa shape index (κ2) is 9.83. The number of nitrogens with one attached hydrogen (secondary N) is 1. The van der Waals surface area contributed by atoms with E-state index in [9.17, 15) is 13.6 Å². The van der Waals surface area contributed by atoms with Crippen LogP contribution in [-0.2, 0) is 4.79 Å². The molecule has 0 saturated heterocycles. The van der Waals surface area contributed by atoms with Crippen molar-refractivity contribution in [2.75, 3.05) is 12.4 Å². The Morgan fingerprint density at radius 1 is 1.03 bits per heavy atom. The zero-order chi connectivity index (χ0) is 23.4. The SMILES string of the molecule is COc1ccc(-c2nnc(SC(C)C(=O)Nc3ccc(F)cc3F)n2-c2ccccc2)cc1. The number of hydrogen-bond donors (Lipinski definition) is 1. The zero-order valence-electron chi connectivity index (χ0n) is 17.8. The van der Waals surface area contributed by atoms with Gasteiger partial charge in [0.05, 0.1) is 18.0 Å². The van der Waals surface area contributed by atoms with Crippen LogP contribution < -0.4 is 10.1 Å². The lowest BCUT2D eigenvalue weighted by Crippen LogP contribution is -2.23. The number of ether oxygens (including phenoxy) is 1. The highest BCUT2D eigenvalue weighted by Gasteiger charge is 2.22. The number of thioether (sulfide) groups is 1. The first-order chi connectivity index (χ1) is 16.0. The van der Waals surface area contributed by atoms with Crippen molar-refractivity contribution in [3.8, 4) is 22.8 Å². The third-order valence-corrected chi connectivity index (χ3v) is 5.88. The molecule has 1 heterocycles. The fourth-order valence-corrected chi connectivity index (χ4v) is 3.99. The number of aromatic nitrogens is 3. The summed E-state index contributed by atoms with van der Waals surface area (Å²) < 4.78 is 34.2. The normalized spacial score (nSPS) is 11.8. The van der Waals surface area contributed by atoms with Crippen molar-refractivity contribution in [1.29, 1.82) is 0 Å². The molecule has 3 aromatic carbocycles. The van der Waals surface area contributed by atoms with E-state index in [-0.39, 0.29) is 5.69 Å². The van der Waals surface area contributed by atoms with Gasteiger partial charge >= 0.3 is 0 Å². The molecule has 0 radical (unpaired) electrons. The lowest BCUT2D eigenvalue weighted by molar-refractivity contribution is -0.115. The van der Waals surface area contributed by atoms with Crippen LogP contribution in [0.2, 0.25) is 0 Å². The highest BCUT2D eigenvalue weighted by atomic mass is 32.2. The summed E-state index contributed by atoms with van der Waals surface area (Å²) in [5, 5.41) is 11.0. The summed E-state index contributed by atoms with van der Waals surface area (Å²) in [6, 6.07) is 20.0. The largest absolute Gasteiger partial charge is 0.497 e. The number of amides is 1. The van der Waals surface area contributed by atoms with E-state index in [1.54, 1.807) is 14.0 Å². The Kier molecular flexibility index (Phi) is 6.69. The van der Waals surface area contributed by atoms with Crippen LogP contribution in [0.25, 0.3) is 17.1 Å². The molecule has 168 valence electrons. The number of methoxy groups -OCH3 is 1. The van der Waals surface area contributed by atoms with Gasteiger partial charge in [-0.05, 0) is 55.5 Å². The second-order valence-corrected chi connectivity index (χ2v) is 8.39. The standard InChI is InChI=1S/C24H20F2N4O2S/c1-15(23(31)27-21-13-10-17(25)14-20(21)26)33-24-29-28-22(16-8-11-19(32-2)12-9-16)30(24)18-6-4-3-5-7-18/h3-15H,1-2H3,(H,27,31). The summed E-state index contributed by atoms with van der Waals surface area (Å²) in [6.45, 7) is 1.68. The van der Waals surface area contributed by atoms with Gasteiger partial charge in [-0.25, -0.2) is 8.78 Å². The van der Waals surface area contributed by atoms with Crippen LogP contribution in [0.1, 0.15) is 6.92 Å². The van der Waals surface area contributed by atoms with E-state index in [0.29, 0.717) is 11.0 Å². The fourth-order valence-electron chi connectivity index (χ4n) is 3.12. The number of para-hydroxylation sites is 1. The molecule has 9 heteroatoms. The van der Waals surface area contributed by atoms with Crippen molar-refractivity contribution in [2.45, 2.75) is 17.3 Å². The molecule has 1 N–H and O–H groups in total. The monoisotopic (exact) mass is 466 g/mol. The molecule has 1 unspecified atom stereocenters. The Labute approximate surface area is 193 Å². The van der Waals surface area contributed by atoms with Crippen LogP contribution in [0, 0.1) is 11.6 Å². The molecule has 33 heavy (non-hydrogen) atoms. The molecule has 1 aromatic heterocycles. The smallest absolute Gasteiger partial charge is 0.237 e. The number of carbonyl (C=O) groups excluding carboxylic acids is 1. The number of halogens is 2. The zero-order valence-corrected chi connectivity index (χ0v) is 18.6. The van der Waals surface area contributed by atoms with Crippen LogP contribution >= 0.6 is 11.8 Å². The quantitative estimate of drug-likeness (QED) is 0.373. The summed E-state index contributed by atoms with van der Waals surface area (Å²) in [4.78, 5) is 12.7. The molecule has 0 saturated carbocycles. The van der Waals surface area contributed by atoms with Crippen LogP contribution in [0.5, 0.6) is 5.75 Å². The molecule has 0 spiro atoms. The molecule has 4 aromatic rings. The van der Waals surface area contributed by atoms with Gasteiger partial charge in [0, 0.05) is 17.3 Å². The minimum Gasteiger partial charge on any atom is -0.497 e. The summed E-state index contributed by atoms with van der Waals surface area (Å²) in [5.74, 6) is -0.676. The lowest BCUT2D eigenvalue weighted by atomic mass is 10.2. The van der Waals surface area contributed by atoms with Crippen LogP contribution in [0.4, 0.5) is 14.5 Å². The summed E-state index contributed by atoms with van der Waals surface area (Å²) >= 11 is 1.18. The molecule has 0 aliphatic carbocycles. The summed E-state index contributed by atoms with van der Waals surface area (Å²) in [7, 11) is 1.60. The van der Waals surface area contributed by atoms with Crippen molar-refractivity contribution in [3.05, 3.63) is 84.4 Å². The molecule has 6 nitrogen and oxygen atoms in total. The average molecular weight is 467 g/mol. The Bertz CT molecular complexity index is 1260. The third-order valence-electron chi connectivity index (χ3n) is 4.84. The highest BCUT2D eigenvalue weighted by molar-refractivity contribution is 8.00. The van der Waals surface area contributed by atoms with E-state index in [1.165, 1.54) is 17.8 Å². The van der Waals surface area contributed by atoms with Gasteiger partial charge in [0.25, 0.3) is 0 Å². The molecule has 1 atom stereocenters. The van der Waals surface area contributed by atoms with Crippen LogP contribution in [0.3, 0.4) is 0 Å². The van der Waals surface area contributed by atoms with E-state index in [2.05, 4.69) is 15.5 Å². The van der Waals surface area contributed by atoms with Crippen molar-refractivity contribution < 1.29 is 18.3 Å². The molecule has 0 aliphatic heterocycles. The Balaban J connectivity index is 1.63. The Hall–Kier alpha value is -3.72. The van der Waals surface area contributed by atoms with E-state index in [0.717, 1.165) is 29.1 Å². The van der Waals surface area contributed by atoms with E-state index in [4.69, 9.17) is 4.74 Å². The van der Waals surface area contributed by atoms with E-state index < -0.39 is 22.8 Å². The number of rotatable bonds is 7. The van der Waals surface area contributed by atoms with Gasteiger partial charge in [-0.2, -0.15) is 0 Å². The topological polar surface area (TPSA) is 69.0 Å². The maximum atomic E-state index is 13.9. The van der Waals surface area contributed by atoms with Gasteiger partial charge in [0.15, 0.2) is 11.0 Å². The predicted octanol–water partition coefficient (Wildman–Crippen LogP) is 5.34. The minimum absolute atomic E-state index is 0.0858. The van der Waals surface area contributed by atoms with E-state index >= 15 is 0 Å². The van der Waals surface area contributed by atoms with Crippen molar-refractivity contribution in [1.82, 2.24) is 14.8 Å². The minimum atomic E-state index is -0.838. The summed E-state index contributed by atoms with van der Waals surface area (Å²) in [5.41, 5.74) is 1.56. The third kappa shape index (κ3) is 5.04. The van der Waals surface area contributed by atoms with E-state index in [1.807, 2.05) is 59.2 Å². The number of anilines is 1. The van der Waals surface area contributed by atoms with Gasteiger partial charge < -0.3 is 10.1 Å². The van der Waals surface area contributed by atoms with Gasteiger partial charge in [-0.15, -0.1) is 10.2 Å². The van der Waals surface area contributed by atoms with Crippen molar-refractivity contribution >= 4 is 23.4 Å². The Morgan fingerprint density at radius 2 is 1.76 bits per heavy atom. The highest BCUT2D eigenvalue weighted by Crippen LogP contribution is 2.31. The number of nitrogens with zero attached hydrogens (tertiary/aromatic N) is 3. The molecule has 0 aliphatic rings. The first-order valence-electron chi connectivity index (χ1n) is 10.0. The van der Waals surface area contributed by atoms with Gasteiger partial charge in [-0.3, -0.25) is 9.36 Å². The predicted molar refractivity (Wildman–Crippen MR) is 124 cm³/mol. The number of carbonyl (C=O) groups is 1. The fraction of sp³-hybridized carbons (Fsp3) is 0.125. The second-order valence-electron chi connectivity index (χ2n) is 7.08. The van der Waals surface area contributed by atoms with Crippen molar-refractivity contribution in [2.24, 2.45) is 0 Å². The average Bonchev–Trinajstić information content (AvgIpc) is 3.24. The molecule has 1 amide bonds. The van der Waals surface area contributed by atoms with Crippen LogP contribution in [-0.4, -0.2) is 33.0 Å². The molecular weight excluding hydrogens is 446 g/mol. The van der Waals surface area contributed by atoms with Crippen LogP contribution in [0.15, 0.2) is 78.0 Å². The molecular formula is C24H20F2N4O2S. The number of benzene rings is 3. The molecule has 0 fully saturated rings. The van der Waals surface area contributed by atoms with Gasteiger partial charge in [-0.1, -0.05) is 30.0 Å². The van der Waals surface area contributed by atoms with Gasteiger partial charge in [0.1, 0.15) is 17.4 Å². The van der Waals surface area contributed by atoms with Gasteiger partial charge in [0.2, 0.25) is 5.91 Å². The molecule has 4 rings (SSSR count). The maximum Gasteiger partial charge on any atom is 0.237 e. The number of hydrogen-bond acceptors (Lipinski definition) is 5. The lowest BCUT2D eigenvalue weighted by Gasteiger charge is -2.14. The first-order valence-corrected chi connectivity index (χ1v) is 10.9. The maximum absolute atomic E-state index is 13.9. The van der Waals surface area contributed by atoms with Crippen molar-refractivity contribution in [3.63, 3.8) is 0 Å². The Morgan fingerprint density at radius 3 is 2.42 bits per heavy atom. The summed E-state index contributed by atoms with van der Waals surface area (Å²) in [6.07, 6.45) is 0. The molecule has 0 bridgehead atoms.